The third-order valence-electron chi connectivity index (χ3n) is 1.64. The number of nitrogens with zero attached hydrogens (tertiary/aromatic N) is 4. The highest BCUT2D eigenvalue weighted by Crippen LogP contribution is 1.98. The van der Waals surface area contributed by atoms with E-state index in [4.69, 9.17) is 11.6 Å². The number of tetrazole rings is 1. The molecule has 1 rings (SSSR count). The van der Waals surface area contributed by atoms with Gasteiger partial charge in [0.1, 0.15) is 0 Å². The van der Waals surface area contributed by atoms with Crippen LogP contribution in [0, 0.1) is 0 Å². The van der Waals surface area contributed by atoms with Crippen molar-refractivity contribution in [3.8, 4) is 0 Å². The summed E-state index contributed by atoms with van der Waals surface area (Å²) in [6, 6.07) is 0. The van der Waals surface area contributed by atoms with Crippen LogP contribution < -0.4 is 5.32 Å². The van der Waals surface area contributed by atoms with E-state index in [1.54, 1.807) is 7.05 Å². The minimum Gasteiger partial charge on any atom is -0.308 e. The van der Waals surface area contributed by atoms with Crippen molar-refractivity contribution in [2.75, 3.05) is 6.54 Å². The maximum Gasteiger partial charge on any atom is 0.188 e. The molecule has 1 unspecified atom stereocenters. The first-order valence-corrected chi connectivity index (χ1v) is 4.73. The van der Waals surface area contributed by atoms with Crippen molar-refractivity contribution in [2.24, 2.45) is 7.05 Å². The molecule has 0 aromatic carbocycles. The van der Waals surface area contributed by atoms with Gasteiger partial charge in [-0.05, 0) is 11.6 Å². The Kier molecular flexibility index (Phi) is 4.11. The van der Waals surface area contributed by atoms with Gasteiger partial charge in [-0.15, -0.1) is 21.8 Å². The van der Waals surface area contributed by atoms with Gasteiger partial charge in [-0.3, -0.25) is 0 Å². The van der Waals surface area contributed by atoms with E-state index in [1.807, 2.05) is 0 Å². The fourth-order valence-corrected chi connectivity index (χ4v) is 0.988. The van der Waals surface area contributed by atoms with Crippen LogP contribution in [0.15, 0.2) is 0 Å². The first-order chi connectivity index (χ1) is 6.22. The van der Waals surface area contributed by atoms with Crippen molar-refractivity contribution >= 4 is 11.6 Å². The second kappa shape index (κ2) is 5.14. The number of rotatable bonds is 5. The van der Waals surface area contributed by atoms with Crippen LogP contribution in [-0.2, 0) is 13.6 Å². The Morgan fingerprint density at radius 3 is 2.92 bits per heavy atom. The molecule has 74 valence electrons. The van der Waals surface area contributed by atoms with Crippen molar-refractivity contribution in [1.82, 2.24) is 25.5 Å². The number of hydrogen-bond donors (Lipinski definition) is 1. The Hall–Kier alpha value is -0.680. The highest BCUT2D eigenvalue weighted by atomic mass is 35.5. The Bertz CT molecular complexity index is 249. The van der Waals surface area contributed by atoms with Crippen LogP contribution in [0.1, 0.15) is 19.2 Å². The molecule has 6 heteroatoms. The number of aromatic nitrogens is 4. The molecule has 1 aromatic heterocycles. The van der Waals surface area contributed by atoms with Gasteiger partial charge < -0.3 is 5.32 Å². The summed E-state index contributed by atoms with van der Waals surface area (Å²) in [6.07, 6.45) is 0.961. The lowest BCUT2D eigenvalue weighted by Gasteiger charge is -2.05. The maximum atomic E-state index is 5.91. The summed E-state index contributed by atoms with van der Waals surface area (Å²) in [5.74, 6) is 0.697. The molecular formula is C7H14ClN5. The highest BCUT2D eigenvalue weighted by Gasteiger charge is 2.02. The predicted molar refractivity (Wildman–Crippen MR) is 50.4 cm³/mol. The van der Waals surface area contributed by atoms with Gasteiger partial charge in [0.25, 0.3) is 0 Å². The first-order valence-electron chi connectivity index (χ1n) is 4.30. The minimum absolute atomic E-state index is 0.177. The van der Waals surface area contributed by atoms with Crippen molar-refractivity contribution < 1.29 is 0 Å². The summed E-state index contributed by atoms with van der Waals surface area (Å²) >= 11 is 5.91. The molecule has 0 aliphatic rings. The number of alkyl halides is 1. The van der Waals surface area contributed by atoms with Gasteiger partial charge in [0.05, 0.1) is 13.6 Å². The summed E-state index contributed by atoms with van der Waals surface area (Å²) in [7, 11) is 1.74. The van der Waals surface area contributed by atoms with Gasteiger partial charge in [-0.1, -0.05) is 6.92 Å². The Labute approximate surface area is 82.5 Å². The van der Waals surface area contributed by atoms with Crippen LogP contribution in [-0.4, -0.2) is 32.1 Å². The smallest absolute Gasteiger partial charge is 0.188 e. The van der Waals surface area contributed by atoms with E-state index in [2.05, 4.69) is 27.7 Å². The Morgan fingerprint density at radius 1 is 1.62 bits per heavy atom. The summed E-state index contributed by atoms with van der Waals surface area (Å²) < 4.78 is 0. The summed E-state index contributed by atoms with van der Waals surface area (Å²) in [5, 5.41) is 14.9. The largest absolute Gasteiger partial charge is 0.308 e. The summed E-state index contributed by atoms with van der Waals surface area (Å²) in [6.45, 7) is 3.45. The molecule has 0 aliphatic carbocycles. The maximum absolute atomic E-state index is 5.91. The van der Waals surface area contributed by atoms with E-state index in [-0.39, 0.29) is 5.38 Å². The molecular weight excluding hydrogens is 190 g/mol. The van der Waals surface area contributed by atoms with E-state index in [0.717, 1.165) is 13.0 Å². The second-order valence-corrected chi connectivity index (χ2v) is 3.45. The van der Waals surface area contributed by atoms with Crippen molar-refractivity contribution in [3.63, 3.8) is 0 Å². The molecule has 0 amide bonds. The zero-order valence-corrected chi connectivity index (χ0v) is 8.62. The van der Waals surface area contributed by atoms with Crippen molar-refractivity contribution in [1.29, 1.82) is 0 Å². The van der Waals surface area contributed by atoms with Gasteiger partial charge in [0, 0.05) is 11.9 Å². The number of hydrogen-bond acceptors (Lipinski definition) is 4. The van der Waals surface area contributed by atoms with E-state index >= 15 is 0 Å². The third kappa shape index (κ3) is 3.69. The van der Waals surface area contributed by atoms with Gasteiger partial charge >= 0.3 is 0 Å². The number of aryl methyl sites for hydroxylation is 1. The quantitative estimate of drug-likeness (QED) is 0.701. The van der Waals surface area contributed by atoms with Gasteiger partial charge in [0.2, 0.25) is 0 Å². The topological polar surface area (TPSA) is 55.6 Å². The molecule has 1 heterocycles. The lowest BCUT2D eigenvalue weighted by Crippen LogP contribution is -2.22. The molecule has 0 spiro atoms. The standard InChI is InChI=1S/C7H14ClN5/c1-3-6(8)4-9-5-7-10-12-13(2)11-7/h6,9H,3-5H2,1-2H3. The van der Waals surface area contributed by atoms with Crippen LogP contribution >= 0.6 is 11.6 Å². The zero-order chi connectivity index (χ0) is 9.68. The van der Waals surface area contributed by atoms with Crippen LogP contribution in [0.25, 0.3) is 0 Å². The monoisotopic (exact) mass is 203 g/mol. The first kappa shape index (κ1) is 10.4. The minimum atomic E-state index is 0.177. The van der Waals surface area contributed by atoms with E-state index in [0.29, 0.717) is 12.4 Å². The third-order valence-corrected chi connectivity index (χ3v) is 2.10. The van der Waals surface area contributed by atoms with Crippen LogP contribution in [0.5, 0.6) is 0 Å². The second-order valence-electron chi connectivity index (χ2n) is 2.83. The molecule has 0 radical (unpaired) electrons. The molecule has 0 fully saturated rings. The molecule has 0 bridgehead atoms. The van der Waals surface area contributed by atoms with E-state index < -0.39 is 0 Å². The van der Waals surface area contributed by atoms with Crippen LogP contribution in [0.3, 0.4) is 0 Å². The fourth-order valence-electron chi connectivity index (χ4n) is 0.879. The highest BCUT2D eigenvalue weighted by molar-refractivity contribution is 6.20. The van der Waals surface area contributed by atoms with Crippen LogP contribution in [0.2, 0.25) is 0 Å². The van der Waals surface area contributed by atoms with Gasteiger partial charge in [-0.25, -0.2) is 0 Å². The Balaban J connectivity index is 2.20. The van der Waals surface area contributed by atoms with Crippen molar-refractivity contribution in [2.45, 2.75) is 25.3 Å². The molecule has 1 N–H and O–H groups in total. The Morgan fingerprint density at radius 2 is 2.38 bits per heavy atom. The van der Waals surface area contributed by atoms with E-state index in [9.17, 15) is 0 Å². The van der Waals surface area contributed by atoms with Crippen molar-refractivity contribution in [3.05, 3.63) is 5.82 Å². The lowest BCUT2D eigenvalue weighted by atomic mass is 10.3. The van der Waals surface area contributed by atoms with Crippen LogP contribution in [0.4, 0.5) is 0 Å². The molecule has 5 nitrogen and oxygen atoms in total. The molecule has 0 aliphatic heterocycles. The van der Waals surface area contributed by atoms with Gasteiger partial charge in [0.15, 0.2) is 5.82 Å². The fraction of sp³-hybridized carbons (Fsp3) is 0.857. The average molecular weight is 204 g/mol. The predicted octanol–water partition coefficient (Wildman–Crippen LogP) is 0.317. The number of halogens is 1. The molecule has 0 saturated heterocycles. The SMILES string of the molecule is CCC(Cl)CNCc1nnn(C)n1. The molecule has 1 atom stereocenters. The summed E-state index contributed by atoms with van der Waals surface area (Å²) in [5.41, 5.74) is 0. The number of nitrogens with one attached hydrogen (secondary N) is 1. The normalized spacial score (nSPS) is 13.2. The molecule has 1 aromatic rings. The lowest BCUT2D eigenvalue weighted by molar-refractivity contribution is 0.611. The summed E-state index contributed by atoms with van der Waals surface area (Å²) in [4.78, 5) is 1.44. The molecule has 13 heavy (non-hydrogen) atoms. The van der Waals surface area contributed by atoms with Gasteiger partial charge in [-0.2, -0.15) is 4.80 Å². The average Bonchev–Trinajstić information content (AvgIpc) is 2.51. The zero-order valence-electron chi connectivity index (χ0n) is 7.87. The molecule has 0 saturated carbocycles. The van der Waals surface area contributed by atoms with E-state index in [1.165, 1.54) is 4.80 Å².